The standard InChI is InChI=1S/C17H20N4O2S2/c1-6-21-9(2)7-13(11(21)4)14(22)8-24-17-20-19-16(23-17)15-10(3)18-12(5)25-15/h7H,6,8H2,1-5H3. The maximum Gasteiger partial charge on any atom is 0.277 e. The van der Waals surface area contributed by atoms with E-state index in [4.69, 9.17) is 4.42 Å². The summed E-state index contributed by atoms with van der Waals surface area (Å²) < 4.78 is 7.82. The largest absolute Gasteiger partial charge is 0.410 e. The molecule has 0 spiro atoms. The molecule has 0 saturated heterocycles. The molecule has 3 heterocycles. The van der Waals surface area contributed by atoms with Crippen LogP contribution in [0.15, 0.2) is 15.7 Å². The van der Waals surface area contributed by atoms with Crippen LogP contribution >= 0.6 is 23.1 Å². The number of nitrogens with zero attached hydrogens (tertiary/aromatic N) is 4. The van der Waals surface area contributed by atoms with E-state index in [2.05, 4.69) is 26.7 Å². The summed E-state index contributed by atoms with van der Waals surface area (Å²) in [6, 6.07) is 1.95. The monoisotopic (exact) mass is 376 g/mol. The van der Waals surface area contributed by atoms with E-state index in [1.807, 2.05) is 33.8 Å². The van der Waals surface area contributed by atoms with Gasteiger partial charge >= 0.3 is 0 Å². The quantitative estimate of drug-likeness (QED) is 0.474. The first kappa shape index (κ1) is 17.9. The highest BCUT2D eigenvalue weighted by Crippen LogP contribution is 2.30. The molecular weight excluding hydrogens is 356 g/mol. The topological polar surface area (TPSA) is 73.8 Å². The van der Waals surface area contributed by atoms with Gasteiger partial charge in [-0.3, -0.25) is 4.79 Å². The van der Waals surface area contributed by atoms with E-state index in [1.165, 1.54) is 23.1 Å². The smallest absolute Gasteiger partial charge is 0.277 e. The summed E-state index contributed by atoms with van der Waals surface area (Å²) in [7, 11) is 0. The van der Waals surface area contributed by atoms with E-state index in [9.17, 15) is 4.79 Å². The van der Waals surface area contributed by atoms with E-state index in [0.717, 1.165) is 39.1 Å². The van der Waals surface area contributed by atoms with Crippen molar-refractivity contribution in [2.75, 3.05) is 5.75 Å². The molecular formula is C17H20N4O2S2. The molecule has 0 radical (unpaired) electrons. The third-order valence-electron chi connectivity index (χ3n) is 4.02. The number of carbonyl (C=O) groups is 1. The summed E-state index contributed by atoms with van der Waals surface area (Å²) in [5.41, 5.74) is 3.75. The normalized spacial score (nSPS) is 11.2. The number of Topliss-reactive ketones (excluding diaryl/α,β-unsaturated/α-hetero) is 1. The van der Waals surface area contributed by atoms with Crippen molar-refractivity contribution in [2.45, 2.75) is 46.4 Å². The predicted molar refractivity (Wildman–Crippen MR) is 99.5 cm³/mol. The van der Waals surface area contributed by atoms with E-state index in [1.54, 1.807) is 0 Å². The minimum Gasteiger partial charge on any atom is -0.410 e. The van der Waals surface area contributed by atoms with E-state index < -0.39 is 0 Å². The lowest BCUT2D eigenvalue weighted by molar-refractivity contribution is 0.102. The van der Waals surface area contributed by atoms with Gasteiger partial charge in [-0.05, 0) is 40.7 Å². The molecule has 3 rings (SSSR count). The molecule has 8 heteroatoms. The Bertz CT molecular complexity index is 923. The third-order valence-corrected chi connectivity index (χ3v) is 5.90. The number of rotatable bonds is 6. The van der Waals surface area contributed by atoms with Crippen LogP contribution in [0.1, 0.15) is 39.4 Å². The van der Waals surface area contributed by atoms with Crippen LogP contribution in [0.5, 0.6) is 0 Å². The van der Waals surface area contributed by atoms with Crippen molar-refractivity contribution >= 4 is 28.9 Å². The second-order valence-electron chi connectivity index (χ2n) is 5.76. The van der Waals surface area contributed by atoms with Gasteiger partial charge in [0.1, 0.15) is 4.88 Å². The molecule has 0 atom stereocenters. The molecule has 0 aliphatic heterocycles. The van der Waals surface area contributed by atoms with Gasteiger partial charge < -0.3 is 8.98 Å². The van der Waals surface area contributed by atoms with Gasteiger partial charge in [-0.25, -0.2) is 4.98 Å². The highest BCUT2D eigenvalue weighted by molar-refractivity contribution is 7.99. The van der Waals surface area contributed by atoms with E-state index in [0.29, 0.717) is 11.1 Å². The highest BCUT2D eigenvalue weighted by Gasteiger charge is 2.18. The predicted octanol–water partition coefficient (Wildman–Crippen LogP) is 4.22. The van der Waals surface area contributed by atoms with Crippen LogP contribution in [0.3, 0.4) is 0 Å². The summed E-state index contributed by atoms with van der Waals surface area (Å²) >= 11 is 2.79. The van der Waals surface area contributed by atoms with Gasteiger partial charge in [-0.1, -0.05) is 11.8 Å². The van der Waals surface area contributed by atoms with Gasteiger partial charge in [0.15, 0.2) is 5.78 Å². The molecule has 0 aliphatic rings. The van der Waals surface area contributed by atoms with Crippen molar-refractivity contribution in [1.29, 1.82) is 0 Å². The molecule has 0 bridgehead atoms. The molecule has 25 heavy (non-hydrogen) atoms. The average molecular weight is 377 g/mol. The van der Waals surface area contributed by atoms with Crippen LogP contribution in [0, 0.1) is 27.7 Å². The van der Waals surface area contributed by atoms with Gasteiger partial charge in [0.05, 0.1) is 16.5 Å². The zero-order valence-corrected chi connectivity index (χ0v) is 16.5. The zero-order valence-electron chi connectivity index (χ0n) is 14.9. The molecule has 0 aliphatic carbocycles. The fourth-order valence-electron chi connectivity index (χ4n) is 2.86. The fourth-order valence-corrected chi connectivity index (χ4v) is 4.35. The number of hydrogen-bond donors (Lipinski definition) is 0. The van der Waals surface area contributed by atoms with Crippen molar-refractivity contribution in [3.05, 3.63) is 33.7 Å². The van der Waals surface area contributed by atoms with Crippen LogP contribution in [0.25, 0.3) is 10.8 Å². The minimum atomic E-state index is 0.0716. The van der Waals surface area contributed by atoms with Gasteiger partial charge in [-0.15, -0.1) is 21.5 Å². The van der Waals surface area contributed by atoms with Gasteiger partial charge in [0.2, 0.25) is 0 Å². The SMILES string of the molecule is CCn1c(C)cc(C(=O)CSc2nnc(-c3sc(C)nc3C)o2)c1C. The first-order valence-corrected chi connectivity index (χ1v) is 9.81. The molecule has 0 amide bonds. The first-order valence-electron chi connectivity index (χ1n) is 8.01. The highest BCUT2D eigenvalue weighted by atomic mass is 32.2. The molecule has 0 unspecified atom stereocenters. The average Bonchev–Trinajstić information content (AvgIpc) is 3.23. The van der Waals surface area contributed by atoms with E-state index in [-0.39, 0.29) is 11.5 Å². The Morgan fingerprint density at radius 1 is 1.28 bits per heavy atom. The fraction of sp³-hybridized carbons (Fsp3) is 0.412. The van der Waals surface area contributed by atoms with Gasteiger partial charge in [0.25, 0.3) is 11.1 Å². The van der Waals surface area contributed by atoms with E-state index >= 15 is 0 Å². The van der Waals surface area contributed by atoms with Crippen molar-refractivity contribution in [2.24, 2.45) is 0 Å². The number of aromatic nitrogens is 4. The lowest BCUT2D eigenvalue weighted by Crippen LogP contribution is -2.05. The summed E-state index contributed by atoms with van der Waals surface area (Å²) in [5.74, 6) is 0.806. The summed E-state index contributed by atoms with van der Waals surface area (Å²) in [6.45, 7) is 10.8. The first-order chi connectivity index (χ1) is 11.9. The van der Waals surface area contributed by atoms with Crippen molar-refractivity contribution in [3.63, 3.8) is 0 Å². The van der Waals surface area contributed by atoms with Gasteiger partial charge in [0, 0.05) is 23.5 Å². The third kappa shape index (κ3) is 3.55. The Kier molecular flexibility index (Phi) is 5.10. The number of hydrogen-bond acceptors (Lipinski definition) is 7. The van der Waals surface area contributed by atoms with Crippen molar-refractivity contribution < 1.29 is 9.21 Å². The Morgan fingerprint density at radius 2 is 2.04 bits per heavy atom. The van der Waals surface area contributed by atoms with Crippen LogP contribution in [-0.2, 0) is 6.54 Å². The Labute approximate surface area is 154 Å². The lowest BCUT2D eigenvalue weighted by Gasteiger charge is -2.05. The molecule has 0 saturated carbocycles. The Morgan fingerprint density at radius 3 is 2.64 bits per heavy atom. The maximum atomic E-state index is 12.5. The van der Waals surface area contributed by atoms with Crippen LogP contribution in [-0.4, -0.2) is 31.3 Å². The molecule has 0 aromatic carbocycles. The lowest BCUT2D eigenvalue weighted by atomic mass is 10.2. The molecule has 0 fully saturated rings. The number of thioether (sulfide) groups is 1. The second-order valence-corrected chi connectivity index (χ2v) is 7.89. The molecule has 0 N–H and O–H groups in total. The van der Waals surface area contributed by atoms with Gasteiger partial charge in [-0.2, -0.15) is 0 Å². The number of aryl methyl sites for hydroxylation is 3. The molecule has 3 aromatic rings. The van der Waals surface area contributed by atoms with Crippen LogP contribution in [0.2, 0.25) is 0 Å². The number of carbonyl (C=O) groups excluding carboxylic acids is 1. The van der Waals surface area contributed by atoms with Crippen molar-refractivity contribution in [1.82, 2.24) is 19.7 Å². The summed E-state index contributed by atoms with van der Waals surface area (Å²) in [4.78, 5) is 17.8. The van der Waals surface area contributed by atoms with Crippen LogP contribution in [0.4, 0.5) is 0 Å². The molecule has 3 aromatic heterocycles. The summed E-state index contributed by atoms with van der Waals surface area (Å²) in [6.07, 6.45) is 0. The summed E-state index contributed by atoms with van der Waals surface area (Å²) in [5, 5.41) is 9.48. The second kappa shape index (κ2) is 7.13. The number of ketones is 1. The Hall–Kier alpha value is -1.93. The minimum absolute atomic E-state index is 0.0716. The Balaban J connectivity index is 1.70. The molecule has 132 valence electrons. The maximum absolute atomic E-state index is 12.5. The number of thiazole rings is 1. The molecule has 6 nitrogen and oxygen atoms in total. The zero-order chi connectivity index (χ0) is 18.1. The van der Waals surface area contributed by atoms with Crippen LogP contribution < -0.4 is 0 Å². The van der Waals surface area contributed by atoms with Crippen molar-refractivity contribution in [3.8, 4) is 10.8 Å².